The molecule has 1 N–H and O–H groups in total. The Morgan fingerprint density at radius 3 is 2.31 bits per heavy atom. The van der Waals surface area contributed by atoms with Crippen molar-refractivity contribution in [1.29, 1.82) is 0 Å². The summed E-state index contributed by atoms with van der Waals surface area (Å²) in [6, 6.07) is 4.45. The van der Waals surface area contributed by atoms with E-state index in [1.165, 1.54) is 32.3 Å². The molecule has 0 fully saturated rings. The van der Waals surface area contributed by atoms with E-state index in [-0.39, 0.29) is 12.2 Å². The summed E-state index contributed by atoms with van der Waals surface area (Å²) in [7, 11) is -0.902. The molecule has 11 heteroatoms. The van der Waals surface area contributed by atoms with E-state index in [0.717, 1.165) is 23.9 Å². The van der Waals surface area contributed by atoms with Crippen LogP contribution in [0, 0.1) is 0 Å². The van der Waals surface area contributed by atoms with Crippen LogP contribution in [0.4, 0.5) is 11.4 Å². The summed E-state index contributed by atoms with van der Waals surface area (Å²) in [6.07, 6.45) is 0.952. The Labute approximate surface area is 148 Å². The molecule has 1 aliphatic rings. The molecule has 0 bridgehead atoms. The number of hydrogen-bond donors (Lipinski definition) is 1. The van der Waals surface area contributed by atoms with Gasteiger partial charge in [-0.2, -0.15) is 8.42 Å². The molecule has 0 unspecified atom stereocenters. The van der Waals surface area contributed by atoms with Crippen molar-refractivity contribution >= 4 is 27.6 Å². The SMILES string of the molecule is CCn1c(=O)c(C(=O)O)cn(-c2ccc3c(c2)N(C)S(=O)(=O)N3C)c1=O. The second-order valence-electron chi connectivity index (χ2n) is 5.67. The van der Waals surface area contributed by atoms with E-state index in [4.69, 9.17) is 0 Å². The number of carbonyl (C=O) groups is 1. The van der Waals surface area contributed by atoms with Crippen LogP contribution in [0.2, 0.25) is 0 Å². The fourth-order valence-electron chi connectivity index (χ4n) is 2.82. The fraction of sp³-hybridized carbons (Fsp3) is 0.267. The Morgan fingerprint density at radius 1 is 1.12 bits per heavy atom. The highest BCUT2D eigenvalue weighted by molar-refractivity contribution is 7.94. The van der Waals surface area contributed by atoms with Crippen LogP contribution in [0.3, 0.4) is 0 Å². The lowest BCUT2D eigenvalue weighted by Crippen LogP contribution is -2.41. The first-order valence-corrected chi connectivity index (χ1v) is 8.98. The van der Waals surface area contributed by atoms with E-state index in [2.05, 4.69) is 0 Å². The number of fused-ring (bicyclic) bond motifs is 1. The van der Waals surface area contributed by atoms with Crippen molar-refractivity contribution in [1.82, 2.24) is 9.13 Å². The Morgan fingerprint density at radius 2 is 1.73 bits per heavy atom. The fourth-order valence-corrected chi connectivity index (χ4v) is 3.99. The topological polar surface area (TPSA) is 122 Å². The zero-order chi connectivity index (χ0) is 19.4. The summed E-state index contributed by atoms with van der Waals surface area (Å²) in [5.41, 5.74) is -1.14. The number of aromatic carboxylic acids is 1. The smallest absolute Gasteiger partial charge is 0.342 e. The number of hydrogen-bond acceptors (Lipinski definition) is 5. The van der Waals surface area contributed by atoms with Gasteiger partial charge in [-0.25, -0.2) is 9.59 Å². The van der Waals surface area contributed by atoms with E-state index in [9.17, 15) is 27.9 Å². The maximum atomic E-state index is 12.6. The quantitative estimate of drug-likeness (QED) is 0.790. The van der Waals surface area contributed by atoms with Gasteiger partial charge in [0.05, 0.1) is 17.1 Å². The van der Waals surface area contributed by atoms with Crippen molar-refractivity contribution in [3.63, 3.8) is 0 Å². The van der Waals surface area contributed by atoms with Crippen LogP contribution in [-0.2, 0) is 16.8 Å². The molecule has 26 heavy (non-hydrogen) atoms. The van der Waals surface area contributed by atoms with Gasteiger partial charge in [0.25, 0.3) is 5.56 Å². The molecule has 1 aromatic heterocycles. The lowest BCUT2D eigenvalue weighted by atomic mass is 10.2. The third-order valence-corrected chi connectivity index (χ3v) is 6.10. The minimum absolute atomic E-state index is 0.000741. The average Bonchev–Trinajstić information content (AvgIpc) is 2.76. The maximum Gasteiger partial charge on any atom is 0.342 e. The standard InChI is InChI=1S/C15H16N4O6S/c1-4-18-13(20)10(14(21)22)8-19(15(18)23)9-5-6-11-12(7-9)17(3)26(24,25)16(11)2/h5-8H,4H2,1-3H3,(H,21,22). The van der Waals surface area contributed by atoms with Gasteiger partial charge in [-0.1, -0.05) is 0 Å². The monoisotopic (exact) mass is 380 g/mol. The minimum atomic E-state index is -3.68. The first-order chi connectivity index (χ1) is 12.1. The number of nitrogens with zero attached hydrogens (tertiary/aromatic N) is 4. The first-order valence-electron chi connectivity index (χ1n) is 7.58. The summed E-state index contributed by atoms with van der Waals surface area (Å²) in [5.74, 6) is -1.45. The van der Waals surface area contributed by atoms with Gasteiger partial charge in [-0.3, -0.25) is 22.5 Å². The van der Waals surface area contributed by atoms with E-state index < -0.39 is 33.0 Å². The number of aromatic nitrogens is 2. The molecule has 1 aromatic carbocycles. The molecule has 2 heterocycles. The molecule has 0 atom stereocenters. The molecule has 0 saturated heterocycles. The largest absolute Gasteiger partial charge is 0.477 e. The number of carboxylic acids is 1. The highest BCUT2D eigenvalue weighted by Crippen LogP contribution is 2.39. The predicted molar refractivity (Wildman–Crippen MR) is 94.7 cm³/mol. The summed E-state index contributed by atoms with van der Waals surface area (Å²) in [5, 5.41) is 9.23. The van der Waals surface area contributed by atoms with Crippen LogP contribution in [-0.4, -0.2) is 42.7 Å². The van der Waals surface area contributed by atoms with Gasteiger partial charge in [-0.05, 0) is 25.1 Å². The lowest BCUT2D eigenvalue weighted by Gasteiger charge is -2.13. The zero-order valence-electron chi connectivity index (χ0n) is 14.2. The Hall–Kier alpha value is -3.08. The normalized spacial score (nSPS) is 15.2. The number of carboxylic acid groups (broad SMARTS) is 1. The second-order valence-corrected chi connectivity index (χ2v) is 7.66. The van der Waals surface area contributed by atoms with Crippen molar-refractivity contribution < 1.29 is 18.3 Å². The number of rotatable bonds is 3. The highest BCUT2D eigenvalue weighted by atomic mass is 32.2. The van der Waals surface area contributed by atoms with Gasteiger partial charge in [0.1, 0.15) is 5.56 Å². The van der Waals surface area contributed by atoms with E-state index in [0.29, 0.717) is 11.4 Å². The predicted octanol–water partition coefficient (Wildman–Crippen LogP) is -0.152. The summed E-state index contributed by atoms with van der Waals surface area (Å²) in [6.45, 7) is 1.55. The van der Waals surface area contributed by atoms with Crippen molar-refractivity contribution in [3.8, 4) is 5.69 Å². The van der Waals surface area contributed by atoms with Gasteiger partial charge in [0, 0.05) is 26.8 Å². The van der Waals surface area contributed by atoms with Crippen molar-refractivity contribution in [2.45, 2.75) is 13.5 Å². The van der Waals surface area contributed by atoms with Gasteiger partial charge in [0.2, 0.25) is 0 Å². The molecule has 10 nitrogen and oxygen atoms in total. The van der Waals surface area contributed by atoms with E-state index in [1.54, 1.807) is 6.92 Å². The van der Waals surface area contributed by atoms with Crippen LogP contribution >= 0.6 is 0 Å². The highest BCUT2D eigenvalue weighted by Gasteiger charge is 2.35. The van der Waals surface area contributed by atoms with Crippen molar-refractivity contribution in [2.24, 2.45) is 0 Å². The van der Waals surface area contributed by atoms with Crippen molar-refractivity contribution in [3.05, 3.63) is 50.8 Å². The third kappa shape index (κ3) is 2.31. The molecule has 138 valence electrons. The first kappa shape index (κ1) is 17.7. The van der Waals surface area contributed by atoms with E-state index >= 15 is 0 Å². The zero-order valence-corrected chi connectivity index (χ0v) is 15.0. The average molecular weight is 380 g/mol. The van der Waals surface area contributed by atoms with Crippen LogP contribution in [0.15, 0.2) is 34.0 Å². The Kier molecular flexibility index (Phi) is 3.91. The second kappa shape index (κ2) is 5.73. The molecule has 3 rings (SSSR count). The van der Waals surface area contributed by atoms with Gasteiger partial charge < -0.3 is 5.11 Å². The molecule has 1 aliphatic heterocycles. The third-order valence-electron chi connectivity index (χ3n) is 4.33. The van der Waals surface area contributed by atoms with E-state index in [1.807, 2.05) is 0 Å². The van der Waals surface area contributed by atoms with Crippen LogP contribution in [0.25, 0.3) is 5.69 Å². The minimum Gasteiger partial charge on any atom is -0.477 e. The molecular formula is C15H16N4O6S. The Balaban J connectivity index is 2.29. The summed E-state index contributed by atoms with van der Waals surface area (Å²) < 4.78 is 28.4. The maximum absolute atomic E-state index is 12.6. The molecule has 0 spiro atoms. The molecule has 0 saturated carbocycles. The number of benzene rings is 1. The Bertz CT molecular complexity index is 1150. The van der Waals surface area contributed by atoms with Crippen LogP contribution in [0.1, 0.15) is 17.3 Å². The van der Waals surface area contributed by atoms with Crippen LogP contribution in [0.5, 0.6) is 0 Å². The molecule has 2 aromatic rings. The van der Waals surface area contributed by atoms with Gasteiger partial charge in [0.15, 0.2) is 0 Å². The van der Waals surface area contributed by atoms with Crippen LogP contribution < -0.4 is 19.9 Å². The van der Waals surface area contributed by atoms with Gasteiger partial charge >= 0.3 is 21.9 Å². The molecule has 0 aliphatic carbocycles. The molecular weight excluding hydrogens is 364 g/mol. The van der Waals surface area contributed by atoms with Gasteiger partial charge in [-0.15, -0.1) is 0 Å². The molecule has 0 amide bonds. The number of anilines is 2. The van der Waals surface area contributed by atoms with Crippen molar-refractivity contribution in [2.75, 3.05) is 22.7 Å². The summed E-state index contributed by atoms with van der Waals surface area (Å²) >= 11 is 0. The molecule has 0 radical (unpaired) electrons. The lowest BCUT2D eigenvalue weighted by molar-refractivity contribution is 0.0693. The summed E-state index contributed by atoms with van der Waals surface area (Å²) in [4.78, 5) is 36.0.